The molecular weight excluding hydrogens is 268 g/mol. The highest BCUT2D eigenvalue weighted by atomic mass is 16.5. The molecule has 6 heteroatoms. The minimum absolute atomic E-state index is 0.0890. The van der Waals surface area contributed by atoms with E-state index in [1.807, 2.05) is 31.5 Å². The average Bonchev–Trinajstić information content (AvgIpc) is 2.95. The van der Waals surface area contributed by atoms with E-state index in [2.05, 4.69) is 29.4 Å². The summed E-state index contributed by atoms with van der Waals surface area (Å²) < 4.78 is 6.94. The molecule has 0 aliphatic carbocycles. The minimum Gasteiger partial charge on any atom is -0.361 e. The maximum Gasteiger partial charge on any atom is 0.230 e. The summed E-state index contributed by atoms with van der Waals surface area (Å²) in [6.45, 7) is 9.75. The molecule has 0 bridgehead atoms. The maximum absolute atomic E-state index is 12.2. The zero-order chi connectivity index (χ0) is 15.6. The maximum atomic E-state index is 12.2. The Balaban J connectivity index is 2.13. The molecule has 0 radical (unpaired) electrons. The number of carbonyl (C=O) groups is 1. The van der Waals surface area contributed by atoms with Gasteiger partial charge in [0.25, 0.3) is 0 Å². The van der Waals surface area contributed by atoms with E-state index < -0.39 is 0 Å². The van der Waals surface area contributed by atoms with Crippen LogP contribution >= 0.6 is 0 Å². The first-order valence-electron chi connectivity index (χ1n) is 7.20. The fourth-order valence-corrected chi connectivity index (χ4v) is 2.22. The first-order valence-corrected chi connectivity index (χ1v) is 7.20. The predicted molar refractivity (Wildman–Crippen MR) is 80.3 cm³/mol. The molecule has 2 heterocycles. The van der Waals surface area contributed by atoms with Gasteiger partial charge in [0, 0.05) is 11.6 Å². The number of carbonyl (C=O) groups excluding carboxylic acids is 1. The van der Waals surface area contributed by atoms with Gasteiger partial charge in [-0.25, -0.2) is 4.68 Å². The molecule has 1 atom stereocenters. The molecule has 0 fully saturated rings. The highest BCUT2D eigenvalue weighted by Crippen LogP contribution is 2.19. The van der Waals surface area contributed by atoms with Gasteiger partial charge in [-0.2, -0.15) is 5.10 Å². The van der Waals surface area contributed by atoms with Crippen molar-refractivity contribution in [3.63, 3.8) is 0 Å². The molecule has 2 aromatic heterocycles. The molecule has 0 aliphatic heterocycles. The fraction of sp³-hybridized carbons (Fsp3) is 0.533. The highest BCUT2D eigenvalue weighted by molar-refractivity contribution is 5.91. The van der Waals surface area contributed by atoms with Gasteiger partial charge in [0.1, 0.15) is 11.6 Å². The number of rotatable bonds is 5. The summed E-state index contributed by atoms with van der Waals surface area (Å²) in [5.41, 5.74) is 2.50. The van der Waals surface area contributed by atoms with Gasteiger partial charge in [-0.15, -0.1) is 0 Å². The van der Waals surface area contributed by atoms with Crippen LogP contribution in [0.4, 0.5) is 5.82 Å². The number of anilines is 1. The van der Waals surface area contributed by atoms with E-state index in [4.69, 9.17) is 4.52 Å². The number of amides is 1. The Morgan fingerprint density at radius 1 is 1.43 bits per heavy atom. The Kier molecular flexibility index (Phi) is 4.45. The van der Waals surface area contributed by atoms with E-state index in [1.54, 1.807) is 0 Å². The second-order valence-electron chi connectivity index (χ2n) is 5.40. The number of aromatic nitrogens is 3. The van der Waals surface area contributed by atoms with Crippen LogP contribution in [0.2, 0.25) is 0 Å². The third-order valence-electron chi connectivity index (χ3n) is 3.65. The van der Waals surface area contributed by atoms with Crippen LogP contribution in [0.3, 0.4) is 0 Å². The van der Waals surface area contributed by atoms with Gasteiger partial charge in [-0.3, -0.25) is 4.79 Å². The largest absolute Gasteiger partial charge is 0.361 e. The van der Waals surface area contributed by atoms with Crippen LogP contribution in [0.15, 0.2) is 10.6 Å². The first kappa shape index (κ1) is 15.3. The van der Waals surface area contributed by atoms with E-state index in [0.29, 0.717) is 5.76 Å². The second-order valence-corrected chi connectivity index (χ2v) is 5.40. The normalized spacial score (nSPS) is 12.4. The van der Waals surface area contributed by atoms with Gasteiger partial charge in [-0.05, 0) is 34.1 Å². The Morgan fingerprint density at radius 2 is 2.14 bits per heavy atom. The molecular formula is C15H22N4O2. The van der Waals surface area contributed by atoms with Crippen LogP contribution in [0.1, 0.15) is 49.0 Å². The second kappa shape index (κ2) is 6.11. The van der Waals surface area contributed by atoms with Crippen LogP contribution in [-0.2, 0) is 11.2 Å². The minimum atomic E-state index is -0.0890. The van der Waals surface area contributed by atoms with Crippen molar-refractivity contribution >= 4 is 11.7 Å². The monoisotopic (exact) mass is 290 g/mol. The van der Waals surface area contributed by atoms with E-state index in [-0.39, 0.29) is 18.4 Å². The van der Waals surface area contributed by atoms with Crippen molar-refractivity contribution in [2.45, 2.75) is 53.5 Å². The van der Waals surface area contributed by atoms with E-state index in [1.165, 1.54) is 0 Å². The van der Waals surface area contributed by atoms with E-state index >= 15 is 0 Å². The smallest absolute Gasteiger partial charge is 0.230 e. The number of nitrogens with zero attached hydrogens (tertiary/aromatic N) is 3. The summed E-state index contributed by atoms with van der Waals surface area (Å²) in [7, 11) is 0. The number of aryl methyl sites for hydroxylation is 3. The van der Waals surface area contributed by atoms with Gasteiger partial charge in [0.05, 0.1) is 23.9 Å². The number of hydrogen-bond donors (Lipinski definition) is 1. The Morgan fingerprint density at radius 3 is 2.71 bits per heavy atom. The quantitative estimate of drug-likeness (QED) is 0.918. The summed E-state index contributed by atoms with van der Waals surface area (Å²) in [6, 6.07) is 2.13. The molecule has 2 rings (SSSR count). The van der Waals surface area contributed by atoms with Crippen LogP contribution < -0.4 is 5.32 Å². The SMILES string of the molecule is CCC(C)n1nc(C)cc1NC(=O)Cc1c(C)noc1C. The summed E-state index contributed by atoms with van der Waals surface area (Å²) in [4.78, 5) is 12.2. The predicted octanol–water partition coefficient (Wildman–Crippen LogP) is 2.95. The van der Waals surface area contributed by atoms with Crippen molar-refractivity contribution in [2.75, 3.05) is 5.32 Å². The zero-order valence-electron chi connectivity index (χ0n) is 13.2. The van der Waals surface area contributed by atoms with Crippen LogP contribution in [0.25, 0.3) is 0 Å². The standard InChI is InChI=1S/C15H22N4O2/c1-6-10(3)19-14(7-9(2)17-19)16-15(20)8-13-11(4)18-21-12(13)5/h7,10H,6,8H2,1-5H3,(H,16,20). The summed E-state index contributed by atoms with van der Waals surface area (Å²) >= 11 is 0. The molecule has 6 nitrogen and oxygen atoms in total. The van der Waals surface area contributed by atoms with Crippen molar-refractivity contribution in [3.8, 4) is 0 Å². The third kappa shape index (κ3) is 3.32. The molecule has 1 N–H and O–H groups in total. The lowest BCUT2D eigenvalue weighted by Crippen LogP contribution is -2.19. The lowest BCUT2D eigenvalue weighted by atomic mass is 10.1. The van der Waals surface area contributed by atoms with Gasteiger partial charge in [0.2, 0.25) is 5.91 Å². The molecule has 0 aromatic carbocycles. The molecule has 0 saturated carbocycles. The van der Waals surface area contributed by atoms with E-state index in [0.717, 1.165) is 29.2 Å². The van der Waals surface area contributed by atoms with Crippen molar-refractivity contribution in [1.82, 2.24) is 14.9 Å². The molecule has 1 amide bonds. The molecule has 1 unspecified atom stereocenters. The molecule has 0 spiro atoms. The van der Waals surface area contributed by atoms with Crippen molar-refractivity contribution < 1.29 is 9.32 Å². The first-order chi connectivity index (χ1) is 9.92. The Labute approximate surface area is 124 Å². The van der Waals surface area contributed by atoms with Crippen LogP contribution in [-0.4, -0.2) is 20.8 Å². The number of nitrogens with one attached hydrogen (secondary N) is 1. The fourth-order valence-electron chi connectivity index (χ4n) is 2.22. The topological polar surface area (TPSA) is 73.0 Å². The van der Waals surface area contributed by atoms with Crippen molar-refractivity contribution in [1.29, 1.82) is 0 Å². The molecule has 0 saturated heterocycles. The summed E-state index contributed by atoms with van der Waals surface area (Å²) in [5.74, 6) is 1.33. The molecule has 0 aliphatic rings. The Hall–Kier alpha value is -2.11. The van der Waals surface area contributed by atoms with Gasteiger partial charge in [0.15, 0.2) is 0 Å². The summed E-state index contributed by atoms with van der Waals surface area (Å²) in [5, 5.41) is 11.2. The van der Waals surface area contributed by atoms with Crippen molar-refractivity contribution in [2.24, 2.45) is 0 Å². The van der Waals surface area contributed by atoms with Gasteiger partial charge < -0.3 is 9.84 Å². The van der Waals surface area contributed by atoms with Gasteiger partial charge in [-0.1, -0.05) is 12.1 Å². The molecule has 114 valence electrons. The lowest BCUT2D eigenvalue weighted by molar-refractivity contribution is -0.115. The third-order valence-corrected chi connectivity index (χ3v) is 3.65. The Bertz CT molecular complexity index is 623. The number of hydrogen-bond acceptors (Lipinski definition) is 4. The summed E-state index contributed by atoms with van der Waals surface area (Å²) in [6.07, 6.45) is 1.21. The zero-order valence-corrected chi connectivity index (χ0v) is 13.2. The van der Waals surface area contributed by atoms with E-state index in [9.17, 15) is 4.79 Å². The van der Waals surface area contributed by atoms with Crippen LogP contribution in [0.5, 0.6) is 0 Å². The lowest BCUT2D eigenvalue weighted by Gasteiger charge is -2.14. The van der Waals surface area contributed by atoms with Crippen LogP contribution in [0, 0.1) is 20.8 Å². The highest BCUT2D eigenvalue weighted by Gasteiger charge is 2.16. The average molecular weight is 290 g/mol. The molecule has 2 aromatic rings. The van der Waals surface area contributed by atoms with Gasteiger partial charge >= 0.3 is 0 Å². The van der Waals surface area contributed by atoms with Crippen molar-refractivity contribution in [3.05, 3.63) is 28.8 Å². The molecule has 21 heavy (non-hydrogen) atoms.